The number of halogens is 2. The highest BCUT2D eigenvalue weighted by atomic mass is 19.2. The lowest BCUT2D eigenvalue weighted by Crippen LogP contribution is -2.43. The molecule has 0 aliphatic rings. The maximum Gasteiger partial charge on any atom is 0.336 e. The summed E-state index contributed by atoms with van der Waals surface area (Å²) in [5.41, 5.74) is -1.51. The first kappa shape index (κ1) is 16.1. The van der Waals surface area contributed by atoms with Crippen LogP contribution in [0.15, 0.2) is 12.1 Å². The Bertz CT molecular complexity index is 541. The van der Waals surface area contributed by atoms with Crippen LogP contribution < -0.4 is 5.32 Å². The average Bonchev–Trinajstić information content (AvgIpc) is 2.30. The van der Waals surface area contributed by atoms with Crippen molar-refractivity contribution in [2.45, 2.75) is 39.2 Å². The van der Waals surface area contributed by atoms with Crippen molar-refractivity contribution in [1.82, 2.24) is 5.32 Å². The molecule has 0 heterocycles. The molecule has 0 saturated heterocycles. The normalized spacial score (nSPS) is 11.2. The highest BCUT2D eigenvalue weighted by molar-refractivity contribution is 6.05. The first-order chi connectivity index (χ1) is 9.18. The van der Waals surface area contributed by atoms with Gasteiger partial charge in [-0.1, -0.05) is 13.3 Å². The Kier molecular flexibility index (Phi) is 4.81. The lowest BCUT2D eigenvalue weighted by molar-refractivity contribution is 0.0688. The van der Waals surface area contributed by atoms with Crippen LogP contribution in [-0.2, 0) is 0 Å². The van der Waals surface area contributed by atoms with Crippen LogP contribution >= 0.6 is 0 Å². The SMILES string of the molecule is CCCC(C)(C)NC(=O)c1cc(F)c(F)cc1C(=O)O. The molecule has 1 rings (SSSR count). The van der Waals surface area contributed by atoms with E-state index >= 15 is 0 Å². The summed E-state index contributed by atoms with van der Waals surface area (Å²) >= 11 is 0. The second-order valence-corrected chi connectivity index (χ2v) is 5.21. The van der Waals surface area contributed by atoms with Gasteiger partial charge in [0.1, 0.15) is 0 Å². The minimum atomic E-state index is -1.48. The molecule has 0 aromatic heterocycles. The number of hydrogen-bond donors (Lipinski definition) is 2. The molecule has 0 spiro atoms. The molecule has 4 nitrogen and oxygen atoms in total. The van der Waals surface area contributed by atoms with Crippen molar-refractivity contribution >= 4 is 11.9 Å². The molecule has 0 bridgehead atoms. The van der Waals surface area contributed by atoms with Gasteiger partial charge in [0.05, 0.1) is 11.1 Å². The second-order valence-electron chi connectivity index (χ2n) is 5.21. The molecule has 0 radical (unpaired) electrons. The average molecular weight is 285 g/mol. The van der Waals surface area contributed by atoms with E-state index in [0.29, 0.717) is 18.6 Å². The third kappa shape index (κ3) is 3.76. The summed E-state index contributed by atoms with van der Waals surface area (Å²) in [6.45, 7) is 5.48. The summed E-state index contributed by atoms with van der Waals surface area (Å²) in [6.07, 6.45) is 1.49. The molecule has 0 fully saturated rings. The number of carbonyl (C=O) groups is 2. The Morgan fingerprint density at radius 1 is 1.20 bits per heavy atom. The van der Waals surface area contributed by atoms with Gasteiger partial charge in [-0.15, -0.1) is 0 Å². The highest BCUT2D eigenvalue weighted by Crippen LogP contribution is 2.18. The lowest BCUT2D eigenvalue weighted by Gasteiger charge is -2.26. The minimum Gasteiger partial charge on any atom is -0.478 e. The number of benzene rings is 1. The Morgan fingerprint density at radius 3 is 2.15 bits per heavy atom. The molecule has 0 aliphatic carbocycles. The summed E-state index contributed by atoms with van der Waals surface area (Å²) in [5, 5.41) is 11.6. The number of carboxylic acids is 1. The number of carbonyl (C=O) groups excluding carboxylic acids is 1. The molecule has 20 heavy (non-hydrogen) atoms. The number of rotatable bonds is 5. The summed E-state index contributed by atoms with van der Waals surface area (Å²) in [5.74, 6) is -4.78. The molecule has 0 saturated carbocycles. The van der Waals surface area contributed by atoms with Crippen LogP contribution in [0.5, 0.6) is 0 Å². The van der Waals surface area contributed by atoms with Crippen molar-refractivity contribution in [1.29, 1.82) is 0 Å². The first-order valence-electron chi connectivity index (χ1n) is 6.23. The highest BCUT2D eigenvalue weighted by Gasteiger charge is 2.25. The van der Waals surface area contributed by atoms with Crippen molar-refractivity contribution < 1.29 is 23.5 Å². The number of amides is 1. The van der Waals surface area contributed by atoms with Gasteiger partial charge in [-0.25, -0.2) is 13.6 Å². The number of hydrogen-bond acceptors (Lipinski definition) is 2. The molecule has 1 amide bonds. The quantitative estimate of drug-likeness (QED) is 0.874. The number of nitrogens with one attached hydrogen (secondary N) is 1. The molecule has 1 aromatic carbocycles. The fourth-order valence-corrected chi connectivity index (χ4v) is 1.97. The molecule has 0 aliphatic heterocycles. The van der Waals surface area contributed by atoms with Crippen LogP contribution in [0.1, 0.15) is 54.3 Å². The largest absolute Gasteiger partial charge is 0.478 e. The van der Waals surface area contributed by atoms with Gasteiger partial charge in [-0.05, 0) is 32.4 Å². The smallest absolute Gasteiger partial charge is 0.336 e. The predicted octanol–water partition coefficient (Wildman–Crippen LogP) is 2.97. The number of carboxylic acid groups (broad SMARTS) is 1. The molecule has 110 valence electrons. The third-order valence-electron chi connectivity index (χ3n) is 2.86. The van der Waals surface area contributed by atoms with E-state index in [0.717, 1.165) is 6.42 Å². The van der Waals surface area contributed by atoms with Gasteiger partial charge in [-0.3, -0.25) is 4.79 Å². The Balaban J connectivity index is 3.15. The van der Waals surface area contributed by atoms with E-state index in [1.54, 1.807) is 13.8 Å². The Morgan fingerprint density at radius 2 is 1.70 bits per heavy atom. The van der Waals surface area contributed by atoms with Crippen LogP contribution in [0.25, 0.3) is 0 Å². The molecule has 2 N–H and O–H groups in total. The van der Waals surface area contributed by atoms with Crippen LogP contribution in [0, 0.1) is 11.6 Å². The molecule has 0 atom stereocenters. The third-order valence-corrected chi connectivity index (χ3v) is 2.86. The van der Waals surface area contributed by atoms with E-state index in [4.69, 9.17) is 5.11 Å². The van der Waals surface area contributed by atoms with Crippen molar-refractivity contribution in [3.05, 3.63) is 34.9 Å². The maximum absolute atomic E-state index is 13.2. The van der Waals surface area contributed by atoms with Crippen LogP contribution in [0.3, 0.4) is 0 Å². The van der Waals surface area contributed by atoms with Crippen LogP contribution in [0.4, 0.5) is 8.78 Å². The Hall–Kier alpha value is -1.98. The van der Waals surface area contributed by atoms with Crippen molar-refractivity contribution in [3.63, 3.8) is 0 Å². The van der Waals surface area contributed by atoms with Gasteiger partial charge in [0.15, 0.2) is 11.6 Å². The fraction of sp³-hybridized carbons (Fsp3) is 0.429. The van der Waals surface area contributed by atoms with Crippen molar-refractivity contribution in [2.24, 2.45) is 0 Å². The van der Waals surface area contributed by atoms with Gasteiger partial charge in [0.25, 0.3) is 5.91 Å². The van der Waals surface area contributed by atoms with E-state index in [2.05, 4.69) is 5.32 Å². The second kappa shape index (κ2) is 5.98. The van der Waals surface area contributed by atoms with Gasteiger partial charge in [0.2, 0.25) is 0 Å². The lowest BCUT2D eigenvalue weighted by atomic mass is 9.97. The predicted molar refractivity (Wildman–Crippen MR) is 69.8 cm³/mol. The van der Waals surface area contributed by atoms with Gasteiger partial charge < -0.3 is 10.4 Å². The Labute approximate surface area is 115 Å². The zero-order chi connectivity index (χ0) is 15.5. The summed E-state index contributed by atoms with van der Waals surface area (Å²) in [7, 11) is 0. The van der Waals surface area contributed by atoms with E-state index in [1.807, 2.05) is 6.92 Å². The number of aromatic carboxylic acids is 1. The topological polar surface area (TPSA) is 66.4 Å². The molecule has 6 heteroatoms. The molecular formula is C14H17F2NO3. The first-order valence-corrected chi connectivity index (χ1v) is 6.23. The molecule has 1 aromatic rings. The monoisotopic (exact) mass is 285 g/mol. The standard InChI is InChI=1S/C14H17F2NO3/c1-4-5-14(2,3)17-12(18)8-6-10(15)11(16)7-9(8)13(19)20/h6-7H,4-5H2,1-3H3,(H,17,18)(H,19,20). The van der Waals surface area contributed by atoms with E-state index in [9.17, 15) is 18.4 Å². The summed E-state index contributed by atoms with van der Waals surface area (Å²) < 4.78 is 26.3. The zero-order valence-electron chi connectivity index (χ0n) is 11.6. The van der Waals surface area contributed by atoms with Gasteiger partial charge in [-0.2, -0.15) is 0 Å². The van der Waals surface area contributed by atoms with Crippen molar-refractivity contribution in [3.8, 4) is 0 Å². The fourth-order valence-electron chi connectivity index (χ4n) is 1.97. The van der Waals surface area contributed by atoms with E-state index < -0.39 is 34.6 Å². The van der Waals surface area contributed by atoms with Crippen molar-refractivity contribution in [2.75, 3.05) is 0 Å². The summed E-state index contributed by atoms with van der Waals surface area (Å²) in [6, 6.07) is 1.12. The van der Waals surface area contributed by atoms with E-state index in [1.165, 1.54) is 0 Å². The van der Waals surface area contributed by atoms with Gasteiger partial charge >= 0.3 is 5.97 Å². The van der Waals surface area contributed by atoms with E-state index in [-0.39, 0.29) is 5.56 Å². The maximum atomic E-state index is 13.2. The van der Waals surface area contributed by atoms with Gasteiger partial charge in [0, 0.05) is 5.54 Å². The summed E-state index contributed by atoms with van der Waals surface area (Å²) in [4.78, 5) is 23.1. The molecular weight excluding hydrogens is 268 g/mol. The van der Waals surface area contributed by atoms with Crippen LogP contribution in [0.2, 0.25) is 0 Å². The molecule has 0 unspecified atom stereocenters. The minimum absolute atomic E-state index is 0.388. The van der Waals surface area contributed by atoms with Crippen LogP contribution in [-0.4, -0.2) is 22.5 Å². The zero-order valence-corrected chi connectivity index (χ0v) is 11.6.